The van der Waals surface area contributed by atoms with Gasteiger partial charge >= 0.3 is 0 Å². The fourth-order valence-corrected chi connectivity index (χ4v) is 6.99. The number of hydrogen-bond acceptors (Lipinski definition) is 2. The van der Waals surface area contributed by atoms with Gasteiger partial charge in [-0.1, -0.05) is 32.6 Å². The normalized spacial score (nSPS) is 55.4. The predicted molar refractivity (Wildman–Crippen MR) is 82.3 cm³/mol. The zero-order chi connectivity index (χ0) is 14.7. The Morgan fingerprint density at radius 3 is 2.71 bits per heavy atom. The van der Waals surface area contributed by atoms with Crippen molar-refractivity contribution in [3.8, 4) is 6.07 Å². The van der Waals surface area contributed by atoms with Crippen LogP contribution < -0.4 is 0 Å². The molecule has 0 spiro atoms. The van der Waals surface area contributed by atoms with Crippen molar-refractivity contribution >= 4 is 0 Å². The van der Waals surface area contributed by atoms with Gasteiger partial charge in [0.1, 0.15) is 0 Å². The molecule has 0 aliphatic heterocycles. The van der Waals surface area contributed by atoms with Crippen LogP contribution in [0.1, 0.15) is 71.1 Å². The molecule has 0 radical (unpaired) electrons. The Kier molecular flexibility index (Phi) is 3.16. The monoisotopic (exact) mass is 287 g/mol. The third-order valence-corrected chi connectivity index (χ3v) is 7.96. The van der Waals surface area contributed by atoms with E-state index in [1.807, 2.05) is 0 Å². The molecule has 0 heterocycles. The largest absolute Gasteiger partial charge is 0.388 e. The maximum absolute atomic E-state index is 11.7. The molecule has 2 nitrogen and oxygen atoms in total. The second-order valence-electron chi connectivity index (χ2n) is 8.55. The molecule has 0 aromatic heterocycles. The fraction of sp³-hybridized carbons (Fsp3) is 0.947. The molecule has 4 rings (SSSR count). The van der Waals surface area contributed by atoms with Gasteiger partial charge in [0.05, 0.1) is 17.1 Å². The Morgan fingerprint density at radius 1 is 1.14 bits per heavy atom. The highest BCUT2D eigenvalue weighted by atomic mass is 16.3. The number of aliphatic hydroxyl groups is 1. The van der Waals surface area contributed by atoms with Crippen LogP contribution in [-0.4, -0.2) is 10.7 Å². The Bertz CT molecular complexity index is 469. The van der Waals surface area contributed by atoms with Gasteiger partial charge in [0.2, 0.25) is 0 Å². The highest BCUT2D eigenvalue weighted by Crippen LogP contribution is 2.68. The minimum Gasteiger partial charge on any atom is -0.388 e. The van der Waals surface area contributed by atoms with Crippen molar-refractivity contribution < 1.29 is 5.11 Å². The molecule has 0 aromatic rings. The van der Waals surface area contributed by atoms with Gasteiger partial charge in [0.15, 0.2) is 0 Å². The van der Waals surface area contributed by atoms with E-state index in [4.69, 9.17) is 0 Å². The van der Waals surface area contributed by atoms with Crippen LogP contribution in [0.5, 0.6) is 0 Å². The van der Waals surface area contributed by atoms with E-state index in [1.165, 1.54) is 38.5 Å². The molecule has 7 unspecified atom stereocenters. The van der Waals surface area contributed by atoms with Gasteiger partial charge in [-0.25, -0.2) is 0 Å². The average Bonchev–Trinajstić information content (AvgIpc) is 3.18. The summed E-state index contributed by atoms with van der Waals surface area (Å²) in [6, 6.07) is 2.68. The maximum atomic E-state index is 11.7. The van der Waals surface area contributed by atoms with Crippen molar-refractivity contribution in [3.05, 3.63) is 0 Å². The fourth-order valence-electron chi connectivity index (χ4n) is 6.99. The SMILES string of the molecule is CCC1CCCC(C#N)(C2(O)CC3CC2C2CCCC32)C1. The van der Waals surface area contributed by atoms with E-state index in [1.54, 1.807) is 0 Å². The maximum Gasteiger partial charge on any atom is 0.0866 e. The lowest BCUT2D eigenvalue weighted by molar-refractivity contribution is -0.138. The first-order valence-corrected chi connectivity index (χ1v) is 9.27. The first-order chi connectivity index (χ1) is 10.1. The third-order valence-electron chi connectivity index (χ3n) is 7.96. The lowest BCUT2D eigenvalue weighted by atomic mass is 9.54. The lowest BCUT2D eigenvalue weighted by Gasteiger charge is -2.51. The molecule has 4 aliphatic rings. The summed E-state index contributed by atoms with van der Waals surface area (Å²) in [5.74, 6) is 3.43. The summed E-state index contributed by atoms with van der Waals surface area (Å²) in [4.78, 5) is 0. The van der Waals surface area contributed by atoms with Crippen LogP contribution in [0.25, 0.3) is 0 Å². The molecule has 0 aromatic carbocycles. The topological polar surface area (TPSA) is 44.0 Å². The quantitative estimate of drug-likeness (QED) is 0.823. The lowest BCUT2D eigenvalue weighted by Crippen LogP contribution is -2.56. The molecule has 21 heavy (non-hydrogen) atoms. The van der Waals surface area contributed by atoms with E-state index < -0.39 is 11.0 Å². The van der Waals surface area contributed by atoms with Crippen molar-refractivity contribution in [3.63, 3.8) is 0 Å². The summed E-state index contributed by atoms with van der Waals surface area (Å²) in [6.07, 6.45) is 11.7. The highest BCUT2D eigenvalue weighted by molar-refractivity contribution is 5.22. The number of rotatable bonds is 2. The van der Waals surface area contributed by atoms with E-state index in [0.717, 1.165) is 43.4 Å². The van der Waals surface area contributed by atoms with E-state index >= 15 is 0 Å². The van der Waals surface area contributed by atoms with E-state index in [9.17, 15) is 10.4 Å². The Balaban J connectivity index is 1.66. The zero-order valence-corrected chi connectivity index (χ0v) is 13.4. The minimum atomic E-state index is -0.661. The van der Waals surface area contributed by atoms with Gasteiger partial charge in [0, 0.05) is 0 Å². The summed E-state index contributed by atoms with van der Waals surface area (Å²) in [7, 11) is 0. The van der Waals surface area contributed by atoms with Crippen LogP contribution in [0.3, 0.4) is 0 Å². The second kappa shape index (κ2) is 4.72. The Hall–Kier alpha value is -0.550. The van der Waals surface area contributed by atoms with Gasteiger partial charge < -0.3 is 5.11 Å². The molecule has 4 saturated carbocycles. The molecule has 2 bridgehead atoms. The molecule has 2 heteroatoms. The van der Waals surface area contributed by atoms with Crippen LogP contribution in [0.15, 0.2) is 0 Å². The molecule has 4 aliphatic carbocycles. The molecule has 7 atom stereocenters. The van der Waals surface area contributed by atoms with Gasteiger partial charge in [0.25, 0.3) is 0 Å². The van der Waals surface area contributed by atoms with Crippen molar-refractivity contribution in [2.45, 2.75) is 76.7 Å². The molecule has 0 amide bonds. The van der Waals surface area contributed by atoms with E-state index in [2.05, 4.69) is 13.0 Å². The number of nitrogens with zero attached hydrogens (tertiary/aromatic N) is 1. The second-order valence-corrected chi connectivity index (χ2v) is 8.55. The molecular weight excluding hydrogens is 258 g/mol. The van der Waals surface area contributed by atoms with Gasteiger partial charge in [-0.2, -0.15) is 5.26 Å². The van der Waals surface area contributed by atoms with Crippen molar-refractivity contribution in [2.75, 3.05) is 0 Å². The van der Waals surface area contributed by atoms with E-state index in [0.29, 0.717) is 11.8 Å². The third kappa shape index (κ3) is 1.73. The molecule has 0 saturated heterocycles. The molecule has 116 valence electrons. The highest BCUT2D eigenvalue weighted by Gasteiger charge is 2.67. The number of hydrogen-bond donors (Lipinski definition) is 1. The summed E-state index contributed by atoms with van der Waals surface area (Å²) >= 11 is 0. The zero-order valence-electron chi connectivity index (χ0n) is 13.4. The van der Waals surface area contributed by atoms with Gasteiger partial charge in [-0.3, -0.25) is 0 Å². The minimum absolute atomic E-state index is 0.432. The molecular formula is C19H29NO. The van der Waals surface area contributed by atoms with Crippen molar-refractivity contribution in [1.82, 2.24) is 0 Å². The standard InChI is InChI=1S/C19H29NO/c1-2-13-5-4-8-18(10-13,12-20)19(21)11-14-9-17(19)16-7-3-6-15(14)16/h13-17,21H,2-11H2,1H3. The van der Waals surface area contributed by atoms with Crippen molar-refractivity contribution in [2.24, 2.45) is 35.0 Å². The molecule has 4 fully saturated rings. The smallest absolute Gasteiger partial charge is 0.0866 e. The van der Waals surface area contributed by atoms with Crippen LogP contribution >= 0.6 is 0 Å². The van der Waals surface area contributed by atoms with Crippen LogP contribution in [0, 0.1) is 46.3 Å². The van der Waals surface area contributed by atoms with Gasteiger partial charge in [-0.05, 0) is 68.1 Å². The summed E-state index contributed by atoms with van der Waals surface area (Å²) < 4.78 is 0. The van der Waals surface area contributed by atoms with E-state index in [-0.39, 0.29) is 0 Å². The average molecular weight is 287 g/mol. The van der Waals surface area contributed by atoms with Crippen LogP contribution in [0.2, 0.25) is 0 Å². The number of nitriles is 1. The summed E-state index contributed by atoms with van der Waals surface area (Å²) in [5, 5.41) is 21.7. The number of fused-ring (bicyclic) bond motifs is 5. The van der Waals surface area contributed by atoms with Crippen LogP contribution in [-0.2, 0) is 0 Å². The molecule has 1 N–H and O–H groups in total. The summed E-state index contributed by atoms with van der Waals surface area (Å²) in [6.45, 7) is 2.25. The van der Waals surface area contributed by atoms with Crippen molar-refractivity contribution in [1.29, 1.82) is 5.26 Å². The Morgan fingerprint density at radius 2 is 1.95 bits per heavy atom. The first-order valence-electron chi connectivity index (χ1n) is 9.27. The van der Waals surface area contributed by atoms with Crippen LogP contribution in [0.4, 0.5) is 0 Å². The predicted octanol–water partition coefficient (Wildman–Crippen LogP) is 4.28. The van der Waals surface area contributed by atoms with Gasteiger partial charge in [-0.15, -0.1) is 0 Å². The summed E-state index contributed by atoms with van der Waals surface area (Å²) in [5.41, 5.74) is -1.09. The first kappa shape index (κ1) is 14.1. The Labute approximate surface area is 128 Å².